The molecule has 3 N–H and O–H groups in total. The van der Waals surface area contributed by atoms with Crippen molar-refractivity contribution in [3.8, 4) is 0 Å². The van der Waals surface area contributed by atoms with E-state index in [-0.39, 0.29) is 18.2 Å². The maximum atomic E-state index is 13.1. The lowest BCUT2D eigenvalue weighted by Gasteiger charge is -2.25. The van der Waals surface area contributed by atoms with Gasteiger partial charge in [-0.2, -0.15) is 11.8 Å². The quantitative estimate of drug-likeness (QED) is 0.387. The third-order valence-corrected chi connectivity index (χ3v) is 7.25. The van der Waals surface area contributed by atoms with Gasteiger partial charge in [-0.15, -0.1) is 0 Å². The lowest BCUT2D eigenvalue weighted by molar-refractivity contribution is -0.140. The predicted octanol–water partition coefficient (Wildman–Crippen LogP) is 2.89. The molecular formula is C24H34ClN3O4S. The molecule has 3 atom stereocenters. The Hall–Kier alpha value is -2.06. The number of amides is 3. The topological polar surface area (TPSA) is 104 Å². The zero-order valence-corrected chi connectivity index (χ0v) is 21.1. The van der Waals surface area contributed by atoms with Gasteiger partial charge in [-0.25, -0.2) is 0 Å². The number of hydrogen-bond donors (Lipinski definition) is 3. The molecule has 9 heteroatoms. The molecule has 182 valence electrons. The van der Waals surface area contributed by atoms with E-state index in [1.165, 1.54) is 6.42 Å². The number of benzene rings is 1. The number of likely N-dealkylation sites (N-methyl/N-ethyl adjacent to an activating group) is 1. The molecule has 0 bridgehead atoms. The second kappa shape index (κ2) is 13.6. The molecule has 1 aliphatic heterocycles. The number of rotatable bonds is 12. The van der Waals surface area contributed by atoms with Crippen molar-refractivity contribution >= 4 is 46.9 Å². The number of ketones is 1. The van der Waals surface area contributed by atoms with E-state index in [4.69, 9.17) is 11.6 Å². The summed E-state index contributed by atoms with van der Waals surface area (Å²) >= 11 is 7.83. The molecule has 0 saturated carbocycles. The molecule has 1 aromatic rings. The summed E-state index contributed by atoms with van der Waals surface area (Å²) in [5, 5.41) is 9.06. The van der Waals surface area contributed by atoms with Crippen LogP contribution in [-0.2, 0) is 25.6 Å². The average molecular weight is 496 g/mol. The van der Waals surface area contributed by atoms with E-state index in [1.807, 2.05) is 25.6 Å². The molecule has 0 aromatic heterocycles. The lowest BCUT2D eigenvalue weighted by atomic mass is 9.98. The molecule has 1 heterocycles. The Labute approximate surface area is 205 Å². The number of hydrogen-bond acceptors (Lipinski definition) is 5. The largest absolute Gasteiger partial charge is 0.350 e. The first-order chi connectivity index (χ1) is 15.7. The highest BCUT2D eigenvalue weighted by Gasteiger charge is 2.31. The molecule has 0 aliphatic carbocycles. The van der Waals surface area contributed by atoms with Crippen LogP contribution in [0.2, 0.25) is 5.02 Å². The number of Topliss-reactive ketones (excluding diaryl/α,β-unsaturated/α-hetero) is 1. The van der Waals surface area contributed by atoms with E-state index < -0.39 is 29.7 Å². The number of nitrogens with one attached hydrogen (secondary N) is 3. The number of thioether (sulfide) groups is 1. The summed E-state index contributed by atoms with van der Waals surface area (Å²) in [5.74, 6) is -1.20. The van der Waals surface area contributed by atoms with Gasteiger partial charge in [-0.05, 0) is 55.6 Å². The molecule has 1 aliphatic rings. The van der Waals surface area contributed by atoms with Gasteiger partial charge in [-0.1, -0.05) is 37.6 Å². The minimum absolute atomic E-state index is 0.135. The van der Waals surface area contributed by atoms with Gasteiger partial charge in [-0.3, -0.25) is 19.2 Å². The summed E-state index contributed by atoms with van der Waals surface area (Å²) in [6, 6.07) is 5.00. The van der Waals surface area contributed by atoms with Gasteiger partial charge in [0.25, 0.3) is 5.91 Å². The maximum absolute atomic E-state index is 13.1. The Bertz CT molecular complexity index is 826. The average Bonchev–Trinajstić information content (AvgIpc) is 3.30. The van der Waals surface area contributed by atoms with Gasteiger partial charge in [0.1, 0.15) is 12.1 Å². The van der Waals surface area contributed by atoms with Gasteiger partial charge < -0.3 is 16.0 Å². The lowest BCUT2D eigenvalue weighted by Crippen LogP contribution is -2.56. The highest BCUT2D eigenvalue weighted by Crippen LogP contribution is 2.29. The molecule has 1 unspecified atom stereocenters. The van der Waals surface area contributed by atoms with Crippen LogP contribution in [0.5, 0.6) is 0 Å². The van der Waals surface area contributed by atoms with Crippen molar-refractivity contribution in [1.29, 1.82) is 0 Å². The smallest absolute Gasteiger partial charge is 0.289 e. The van der Waals surface area contributed by atoms with Crippen molar-refractivity contribution in [2.24, 2.45) is 5.92 Å². The summed E-state index contributed by atoms with van der Waals surface area (Å²) in [6.07, 6.45) is 3.59. The normalized spacial score (nSPS) is 17.3. The van der Waals surface area contributed by atoms with Crippen molar-refractivity contribution in [2.75, 3.05) is 12.3 Å². The maximum Gasteiger partial charge on any atom is 0.289 e. The van der Waals surface area contributed by atoms with E-state index in [1.54, 1.807) is 31.2 Å². The summed E-state index contributed by atoms with van der Waals surface area (Å²) in [4.78, 5) is 50.6. The van der Waals surface area contributed by atoms with E-state index in [0.717, 1.165) is 24.2 Å². The van der Waals surface area contributed by atoms with Crippen molar-refractivity contribution in [1.82, 2.24) is 16.0 Å². The highest BCUT2D eigenvalue weighted by molar-refractivity contribution is 8.00. The monoisotopic (exact) mass is 495 g/mol. The standard InChI is InChI=1S/C24H34ClN3O4S/c1-4-26-24(32)22(30)19(14-16-7-9-17(25)10-8-16)27-23(31)21(15(2)3)28-20(29)12-11-18-6-5-13-33-18/h7-10,15,18-19,21H,4-6,11-14H2,1-3H3,(H,26,32)(H,27,31)(H,28,29)/t18?,19-,21-/m0/s1. The van der Waals surface area contributed by atoms with Crippen LogP contribution in [0.25, 0.3) is 0 Å². The molecule has 0 radical (unpaired) electrons. The van der Waals surface area contributed by atoms with Crippen LogP contribution in [0, 0.1) is 5.92 Å². The van der Waals surface area contributed by atoms with Gasteiger partial charge in [0, 0.05) is 29.7 Å². The molecular weight excluding hydrogens is 462 g/mol. The molecule has 33 heavy (non-hydrogen) atoms. The molecule has 7 nitrogen and oxygen atoms in total. The van der Waals surface area contributed by atoms with Crippen molar-refractivity contribution in [2.45, 2.75) is 70.2 Å². The van der Waals surface area contributed by atoms with Crippen molar-refractivity contribution in [3.63, 3.8) is 0 Å². The second-order valence-electron chi connectivity index (χ2n) is 8.58. The van der Waals surface area contributed by atoms with Crippen LogP contribution in [-0.4, -0.2) is 53.1 Å². The van der Waals surface area contributed by atoms with Crippen LogP contribution in [0.15, 0.2) is 24.3 Å². The van der Waals surface area contributed by atoms with Gasteiger partial charge in [0.2, 0.25) is 17.6 Å². The third-order valence-electron chi connectivity index (χ3n) is 5.53. The van der Waals surface area contributed by atoms with Crippen LogP contribution < -0.4 is 16.0 Å². The second-order valence-corrected chi connectivity index (χ2v) is 10.4. The van der Waals surface area contributed by atoms with Crippen LogP contribution in [0.3, 0.4) is 0 Å². The number of carbonyl (C=O) groups is 4. The summed E-state index contributed by atoms with van der Waals surface area (Å²) < 4.78 is 0. The third kappa shape index (κ3) is 9.01. The first-order valence-corrected chi connectivity index (χ1v) is 12.9. The summed E-state index contributed by atoms with van der Waals surface area (Å²) in [6.45, 7) is 5.68. The molecule has 2 rings (SSSR count). The first kappa shape index (κ1) is 27.2. The Balaban J connectivity index is 2.07. The fourth-order valence-electron chi connectivity index (χ4n) is 3.68. The SMILES string of the molecule is CCNC(=O)C(=O)[C@H](Cc1ccc(Cl)cc1)NC(=O)[C@@H](NC(=O)CCC1CCCS1)C(C)C. The fourth-order valence-corrected chi connectivity index (χ4v) is 5.09. The molecule has 1 fully saturated rings. The Morgan fingerprint density at radius 3 is 2.39 bits per heavy atom. The summed E-state index contributed by atoms with van der Waals surface area (Å²) in [5.41, 5.74) is 0.751. The first-order valence-electron chi connectivity index (χ1n) is 11.5. The Kier molecular flexibility index (Phi) is 11.2. The van der Waals surface area contributed by atoms with Crippen LogP contribution in [0.4, 0.5) is 0 Å². The predicted molar refractivity (Wildman–Crippen MR) is 132 cm³/mol. The van der Waals surface area contributed by atoms with Gasteiger partial charge in [0.05, 0.1) is 0 Å². The molecule has 3 amide bonds. The van der Waals surface area contributed by atoms with Crippen LogP contribution in [0.1, 0.15) is 52.0 Å². The summed E-state index contributed by atoms with van der Waals surface area (Å²) in [7, 11) is 0. The van der Waals surface area contributed by atoms with E-state index in [9.17, 15) is 19.2 Å². The number of carbonyl (C=O) groups excluding carboxylic acids is 4. The Morgan fingerprint density at radius 1 is 1.12 bits per heavy atom. The molecule has 1 saturated heterocycles. The molecule has 1 aromatic carbocycles. The van der Waals surface area contributed by atoms with Crippen LogP contribution >= 0.6 is 23.4 Å². The minimum atomic E-state index is -1.06. The zero-order valence-electron chi connectivity index (χ0n) is 19.5. The Morgan fingerprint density at radius 2 is 1.82 bits per heavy atom. The van der Waals surface area contributed by atoms with Gasteiger partial charge >= 0.3 is 0 Å². The molecule has 0 spiro atoms. The van der Waals surface area contributed by atoms with E-state index >= 15 is 0 Å². The fraction of sp³-hybridized carbons (Fsp3) is 0.583. The van der Waals surface area contributed by atoms with Crippen molar-refractivity contribution in [3.05, 3.63) is 34.9 Å². The zero-order chi connectivity index (χ0) is 24.4. The number of halogens is 1. The van der Waals surface area contributed by atoms with Gasteiger partial charge in [0.15, 0.2) is 0 Å². The van der Waals surface area contributed by atoms with E-state index in [2.05, 4.69) is 16.0 Å². The highest BCUT2D eigenvalue weighted by atomic mass is 35.5. The minimum Gasteiger partial charge on any atom is -0.350 e. The van der Waals surface area contributed by atoms with E-state index in [0.29, 0.717) is 23.2 Å². The van der Waals surface area contributed by atoms with Crippen molar-refractivity contribution < 1.29 is 19.2 Å².